The molecule has 1 N–H and O–H groups in total. The van der Waals surface area contributed by atoms with Gasteiger partial charge in [0.2, 0.25) is 11.8 Å². The van der Waals surface area contributed by atoms with Crippen molar-refractivity contribution < 1.29 is 32.3 Å². The molecule has 0 unspecified atom stereocenters. The molecule has 212 valence electrons. The van der Waals surface area contributed by atoms with Gasteiger partial charge in [-0.15, -0.1) is 0 Å². The smallest absolute Gasteiger partial charge is 0.323 e. The van der Waals surface area contributed by atoms with Gasteiger partial charge in [-0.3, -0.25) is 14.4 Å². The third kappa shape index (κ3) is 5.79. The number of nitrogens with zero attached hydrogens (tertiary/aromatic N) is 3. The lowest BCUT2D eigenvalue weighted by Crippen LogP contribution is -2.69. The second-order valence-electron chi connectivity index (χ2n) is 10.0. The molecule has 5 rings (SSSR count). The normalized spacial score (nSPS) is 18.8. The van der Waals surface area contributed by atoms with Gasteiger partial charge in [-0.05, 0) is 61.4 Å². The minimum Gasteiger partial charge on any atom is -0.336 e. The summed E-state index contributed by atoms with van der Waals surface area (Å²) in [6.45, 7) is 1.53. The van der Waals surface area contributed by atoms with Crippen molar-refractivity contribution in [3.8, 4) is 0 Å². The van der Waals surface area contributed by atoms with Crippen molar-refractivity contribution in [1.29, 1.82) is 0 Å². The summed E-state index contributed by atoms with van der Waals surface area (Å²) < 4.78 is 42.5. The van der Waals surface area contributed by atoms with Gasteiger partial charge in [0.25, 0.3) is 0 Å². The molecule has 2 aliphatic rings. The van der Waals surface area contributed by atoms with E-state index in [0.717, 1.165) is 12.1 Å². The summed E-state index contributed by atoms with van der Waals surface area (Å²) in [6.07, 6.45) is -0.784. The zero-order valence-corrected chi connectivity index (χ0v) is 22.1. The molecule has 0 radical (unpaired) electrons. The average molecular weight is 565 g/mol. The molecule has 3 aromatic carbocycles. The number of urea groups is 1. The van der Waals surface area contributed by atoms with Crippen LogP contribution in [-0.2, 0) is 16.0 Å². The minimum atomic E-state index is -1.43. The maximum absolute atomic E-state index is 15.0. The largest absolute Gasteiger partial charge is 0.336 e. The summed E-state index contributed by atoms with van der Waals surface area (Å²) >= 11 is 0. The van der Waals surface area contributed by atoms with E-state index in [1.807, 2.05) is 0 Å². The average Bonchev–Trinajstić information content (AvgIpc) is 2.93. The Balaban J connectivity index is 1.46. The summed E-state index contributed by atoms with van der Waals surface area (Å²) in [5.74, 6) is -3.42. The van der Waals surface area contributed by atoms with E-state index in [4.69, 9.17) is 0 Å². The number of halogens is 3. The van der Waals surface area contributed by atoms with E-state index < -0.39 is 47.5 Å². The SMILES string of the molecule is CC(=O)c1ccc(NC(=O)N2CCC(=O)N3[C@@H](c4ccc(F)cc4F)C(=O)N(CCc4cccc(F)c4)C[C@H]23)cc1. The van der Waals surface area contributed by atoms with Crippen LogP contribution in [0.2, 0.25) is 0 Å². The number of piperazine rings is 1. The van der Waals surface area contributed by atoms with Crippen molar-refractivity contribution >= 4 is 29.3 Å². The third-order valence-electron chi connectivity index (χ3n) is 7.36. The fraction of sp³-hybridized carbons (Fsp3) is 0.267. The van der Waals surface area contributed by atoms with E-state index in [-0.39, 0.29) is 43.8 Å². The molecule has 3 aromatic rings. The first-order valence-corrected chi connectivity index (χ1v) is 13.1. The highest BCUT2D eigenvalue weighted by molar-refractivity contribution is 5.96. The topological polar surface area (TPSA) is 90.0 Å². The predicted octanol–water partition coefficient (Wildman–Crippen LogP) is 4.53. The minimum absolute atomic E-state index is 0.0436. The van der Waals surface area contributed by atoms with E-state index in [1.54, 1.807) is 36.4 Å². The van der Waals surface area contributed by atoms with Crippen molar-refractivity contribution in [2.45, 2.75) is 32.0 Å². The molecule has 0 spiro atoms. The Kier molecular flexibility index (Phi) is 7.78. The van der Waals surface area contributed by atoms with Crippen molar-refractivity contribution in [3.63, 3.8) is 0 Å². The van der Waals surface area contributed by atoms with Crippen molar-refractivity contribution in [1.82, 2.24) is 14.7 Å². The number of benzene rings is 3. The first-order chi connectivity index (χ1) is 19.6. The lowest BCUT2D eigenvalue weighted by atomic mass is 9.96. The van der Waals surface area contributed by atoms with Gasteiger partial charge in [-0.25, -0.2) is 18.0 Å². The Morgan fingerprint density at radius 3 is 2.37 bits per heavy atom. The molecule has 2 saturated heterocycles. The zero-order valence-electron chi connectivity index (χ0n) is 22.1. The second kappa shape index (κ2) is 11.4. The molecule has 2 atom stereocenters. The summed E-state index contributed by atoms with van der Waals surface area (Å²) in [5.41, 5.74) is 1.33. The van der Waals surface area contributed by atoms with Gasteiger partial charge in [0.15, 0.2) is 5.78 Å². The highest BCUT2D eigenvalue weighted by atomic mass is 19.1. The number of carbonyl (C=O) groups excluding carboxylic acids is 4. The van der Waals surface area contributed by atoms with Crippen LogP contribution in [0.4, 0.5) is 23.7 Å². The number of hydrogen-bond donors (Lipinski definition) is 1. The summed E-state index contributed by atoms with van der Waals surface area (Å²) in [4.78, 5) is 56.0. The van der Waals surface area contributed by atoms with Gasteiger partial charge in [0.05, 0.1) is 6.54 Å². The molecular formula is C30H27F3N4O4. The Morgan fingerprint density at radius 1 is 0.951 bits per heavy atom. The molecule has 0 bridgehead atoms. The van der Waals surface area contributed by atoms with Gasteiger partial charge in [0.1, 0.15) is 29.7 Å². The number of fused-ring (bicyclic) bond motifs is 1. The van der Waals surface area contributed by atoms with Crippen molar-refractivity contribution in [3.05, 3.63) is 101 Å². The molecule has 2 heterocycles. The molecule has 41 heavy (non-hydrogen) atoms. The number of nitrogens with one attached hydrogen (secondary N) is 1. The molecule has 0 saturated carbocycles. The maximum atomic E-state index is 15.0. The fourth-order valence-corrected chi connectivity index (χ4v) is 5.28. The third-order valence-corrected chi connectivity index (χ3v) is 7.36. The van der Waals surface area contributed by atoms with Gasteiger partial charge in [-0.2, -0.15) is 0 Å². The quantitative estimate of drug-likeness (QED) is 0.446. The molecule has 0 aromatic heterocycles. The maximum Gasteiger partial charge on any atom is 0.323 e. The first kappa shape index (κ1) is 27.9. The number of amides is 4. The highest BCUT2D eigenvalue weighted by Crippen LogP contribution is 2.36. The van der Waals surface area contributed by atoms with E-state index in [1.165, 1.54) is 33.8 Å². The number of hydrogen-bond acceptors (Lipinski definition) is 4. The van der Waals surface area contributed by atoms with Crippen LogP contribution in [0.15, 0.2) is 66.7 Å². The van der Waals surface area contributed by atoms with Crippen LogP contribution >= 0.6 is 0 Å². The second-order valence-corrected chi connectivity index (χ2v) is 10.0. The Morgan fingerprint density at radius 2 is 1.68 bits per heavy atom. The number of carbonyl (C=O) groups is 4. The van der Waals surface area contributed by atoms with Crippen LogP contribution in [0.5, 0.6) is 0 Å². The number of anilines is 1. The fourth-order valence-electron chi connectivity index (χ4n) is 5.28. The monoisotopic (exact) mass is 564 g/mol. The van der Waals surface area contributed by atoms with E-state index in [0.29, 0.717) is 22.9 Å². The number of Topliss-reactive ketones (excluding diaryl/α,β-unsaturated/α-hetero) is 1. The Hall–Kier alpha value is -4.67. The van der Waals surface area contributed by atoms with Crippen LogP contribution in [-0.4, -0.2) is 64.1 Å². The van der Waals surface area contributed by atoms with Crippen LogP contribution < -0.4 is 5.32 Å². The lowest BCUT2D eigenvalue weighted by Gasteiger charge is -2.52. The Labute approximate surface area is 234 Å². The molecule has 11 heteroatoms. The van der Waals surface area contributed by atoms with Crippen LogP contribution in [0, 0.1) is 17.5 Å². The zero-order chi connectivity index (χ0) is 29.3. The van der Waals surface area contributed by atoms with Crippen LogP contribution in [0.25, 0.3) is 0 Å². The molecule has 4 amide bonds. The van der Waals surface area contributed by atoms with Gasteiger partial charge >= 0.3 is 6.03 Å². The van der Waals surface area contributed by atoms with Crippen LogP contribution in [0.1, 0.15) is 40.9 Å². The molecule has 2 aliphatic heterocycles. The van der Waals surface area contributed by atoms with Gasteiger partial charge in [0, 0.05) is 42.4 Å². The van der Waals surface area contributed by atoms with Crippen LogP contribution in [0.3, 0.4) is 0 Å². The van der Waals surface area contributed by atoms with Gasteiger partial charge in [-0.1, -0.05) is 18.2 Å². The standard InChI is InChI=1S/C30H27F3N4O4/c1-18(38)20-5-8-23(9-6-20)34-30(41)36-14-12-27(39)37-26(36)17-35(13-11-19-3-2-4-21(31)15-19)29(40)28(37)24-10-7-22(32)16-25(24)33/h2-10,15-16,26,28H,11-14,17H2,1H3,(H,34,41)/t26-,28+/m1/s1. The van der Waals surface area contributed by atoms with Gasteiger partial charge < -0.3 is 20.0 Å². The summed E-state index contributed by atoms with van der Waals surface area (Å²) in [7, 11) is 0. The molecule has 8 nitrogen and oxygen atoms in total. The summed E-state index contributed by atoms with van der Waals surface area (Å²) in [6, 6.07) is 13.0. The highest BCUT2D eigenvalue weighted by Gasteiger charge is 2.50. The number of rotatable bonds is 6. The predicted molar refractivity (Wildman–Crippen MR) is 143 cm³/mol. The Bertz CT molecular complexity index is 1510. The van der Waals surface area contributed by atoms with E-state index in [2.05, 4.69) is 5.32 Å². The van der Waals surface area contributed by atoms with E-state index in [9.17, 15) is 28.0 Å². The lowest BCUT2D eigenvalue weighted by molar-refractivity contribution is -0.167. The first-order valence-electron chi connectivity index (χ1n) is 13.1. The molecule has 2 fully saturated rings. The summed E-state index contributed by atoms with van der Waals surface area (Å²) in [5, 5.41) is 2.76. The van der Waals surface area contributed by atoms with E-state index >= 15 is 4.39 Å². The molecular weight excluding hydrogens is 537 g/mol. The van der Waals surface area contributed by atoms with Crippen molar-refractivity contribution in [2.75, 3.05) is 25.0 Å². The van der Waals surface area contributed by atoms with Crippen molar-refractivity contribution in [2.24, 2.45) is 0 Å². The number of ketones is 1. The molecule has 0 aliphatic carbocycles.